The number of benzene rings is 1. The molecule has 0 fully saturated rings. The normalized spacial score (nSPS) is 10.8. The predicted octanol–water partition coefficient (Wildman–Crippen LogP) is 2.15. The molecule has 0 spiro atoms. The van der Waals surface area contributed by atoms with Gasteiger partial charge in [0, 0.05) is 32.2 Å². The number of methoxy groups -OCH3 is 1. The standard InChI is InChI=1S/C14H21NO2/c1-12-6-4-5-7-13(12)14(16)8-9-15(2)10-11-17-3/h4-7H,8-11H2,1-3H3. The number of hydrogen-bond donors (Lipinski definition) is 0. The lowest BCUT2D eigenvalue weighted by Gasteiger charge is -2.15. The summed E-state index contributed by atoms with van der Waals surface area (Å²) in [5.74, 6) is 0.215. The van der Waals surface area contributed by atoms with Gasteiger partial charge in [-0.25, -0.2) is 0 Å². The number of likely N-dealkylation sites (N-methyl/N-ethyl adjacent to an activating group) is 1. The van der Waals surface area contributed by atoms with Crippen LogP contribution < -0.4 is 0 Å². The van der Waals surface area contributed by atoms with Gasteiger partial charge in [0.05, 0.1) is 6.61 Å². The topological polar surface area (TPSA) is 29.5 Å². The Labute approximate surface area is 103 Å². The van der Waals surface area contributed by atoms with E-state index in [1.807, 2.05) is 38.2 Å². The summed E-state index contributed by atoms with van der Waals surface area (Å²) in [4.78, 5) is 14.1. The number of Topliss-reactive ketones (excluding diaryl/α,β-unsaturated/α-hetero) is 1. The summed E-state index contributed by atoms with van der Waals surface area (Å²) in [6.45, 7) is 4.31. The van der Waals surface area contributed by atoms with Gasteiger partial charge < -0.3 is 9.64 Å². The summed E-state index contributed by atoms with van der Waals surface area (Å²) in [7, 11) is 3.69. The van der Waals surface area contributed by atoms with Crippen molar-refractivity contribution in [3.63, 3.8) is 0 Å². The molecule has 0 amide bonds. The molecular formula is C14H21NO2. The first kappa shape index (κ1) is 13.9. The zero-order chi connectivity index (χ0) is 12.7. The van der Waals surface area contributed by atoms with Gasteiger partial charge in [-0.15, -0.1) is 0 Å². The molecule has 0 N–H and O–H groups in total. The second-order valence-corrected chi connectivity index (χ2v) is 4.28. The van der Waals surface area contributed by atoms with E-state index in [1.54, 1.807) is 7.11 Å². The highest BCUT2D eigenvalue weighted by atomic mass is 16.5. The Bertz CT molecular complexity index is 363. The number of aryl methyl sites for hydroxylation is 1. The molecule has 0 aromatic heterocycles. The second-order valence-electron chi connectivity index (χ2n) is 4.28. The number of ketones is 1. The summed E-state index contributed by atoms with van der Waals surface area (Å²) in [6.07, 6.45) is 0.561. The molecule has 0 bridgehead atoms. The average Bonchev–Trinajstić information content (AvgIpc) is 2.34. The highest BCUT2D eigenvalue weighted by molar-refractivity contribution is 5.97. The lowest BCUT2D eigenvalue weighted by Crippen LogP contribution is -2.25. The van der Waals surface area contributed by atoms with Crippen LogP contribution in [0.1, 0.15) is 22.3 Å². The Balaban J connectivity index is 2.42. The van der Waals surface area contributed by atoms with E-state index < -0.39 is 0 Å². The lowest BCUT2D eigenvalue weighted by atomic mass is 10.0. The van der Waals surface area contributed by atoms with E-state index in [1.165, 1.54) is 0 Å². The molecule has 0 saturated heterocycles. The van der Waals surface area contributed by atoms with E-state index in [0.717, 1.165) is 24.2 Å². The van der Waals surface area contributed by atoms with Crippen LogP contribution >= 0.6 is 0 Å². The van der Waals surface area contributed by atoms with Gasteiger partial charge in [0.15, 0.2) is 5.78 Å². The van der Waals surface area contributed by atoms with Crippen LogP contribution in [0.25, 0.3) is 0 Å². The molecule has 0 aliphatic carbocycles. The number of hydrogen-bond acceptors (Lipinski definition) is 3. The van der Waals surface area contributed by atoms with E-state index in [-0.39, 0.29) is 5.78 Å². The molecule has 1 aromatic carbocycles. The molecule has 1 rings (SSSR count). The van der Waals surface area contributed by atoms with Gasteiger partial charge in [0.25, 0.3) is 0 Å². The monoisotopic (exact) mass is 235 g/mol. The third-order valence-corrected chi connectivity index (χ3v) is 2.84. The number of nitrogens with zero attached hydrogens (tertiary/aromatic N) is 1. The van der Waals surface area contributed by atoms with Crippen molar-refractivity contribution >= 4 is 5.78 Å². The maximum absolute atomic E-state index is 12.0. The van der Waals surface area contributed by atoms with Gasteiger partial charge in [-0.1, -0.05) is 24.3 Å². The Hall–Kier alpha value is -1.19. The van der Waals surface area contributed by atoms with Gasteiger partial charge >= 0.3 is 0 Å². The SMILES string of the molecule is COCCN(C)CCC(=O)c1ccccc1C. The van der Waals surface area contributed by atoms with E-state index in [0.29, 0.717) is 13.0 Å². The Morgan fingerprint density at radius 3 is 2.65 bits per heavy atom. The van der Waals surface area contributed by atoms with Gasteiger partial charge in [0.1, 0.15) is 0 Å². The smallest absolute Gasteiger partial charge is 0.164 e. The molecule has 0 saturated carbocycles. The lowest BCUT2D eigenvalue weighted by molar-refractivity contribution is 0.0959. The molecule has 0 aliphatic heterocycles. The quantitative estimate of drug-likeness (QED) is 0.678. The van der Waals surface area contributed by atoms with Crippen LogP contribution in [0.15, 0.2) is 24.3 Å². The first-order valence-electron chi connectivity index (χ1n) is 5.91. The van der Waals surface area contributed by atoms with Crippen LogP contribution in [-0.2, 0) is 4.74 Å². The zero-order valence-electron chi connectivity index (χ0n) is 10.9. The van der Waals surface area contributed by atoms with Crippen molar-refractivity contribution in [2.75, 3.05) is 33.9 Å². The van der Waals surface area contributed by atoms with Crippen molar-refractivity contribution < 1.29 is 9.53 Å². The molecule has 0 unspecified atom stereocenters. The molecule has 0 atom stereocenters. The molecular weight excluding hydrogens is 214 g/mol. The van der Waals surface area contributed by atoms with Crippen molar-refractivity contribution in [2.45, 2.75) is 13.3 Å². The van der Waals surface area contributed by atoms with E-state index in [4.69, 9.17) is 4.74 Å². The van der Waals surface area contributed by atoms with Crippen LogP contribution in [0.4, 0.5) is 0 Å². The van der Waals surface area contributed by atoms with Gasteiger partial charge in [-0.3, -0.25) is 4.79 Å². The highest BCUT2D eigenvalue weighted by Crippen LogP contribution is 2.09. The summed E-state index contributed by atoms with van der Waals surface area (Å²) < 4.78 is 5.00. The van der Waals surface area contributed by atoms with Crippen LogP contribution in [0.3, 0.4) is 0 Å². The minimum absolute atomic E-state index is 0.215. The molecule has 0 heterocycles. The largest absolute Gasteiger partial charge is 0.383 e. The van der Waals surface area contributed by atoms with Gasteiger partial charge in [-0.05, 0) is 19.5 Å². The number of ether oxygens (including phenoxy) is 1. The van der Waals surface area contributed by atoms with Crippen molar-refractivity contribution in [1.82, 2.24) is 4.90 Å². The number of carbonyl (C=O) groups is 1. The Morgan fingerprint density at radius 1 is 1.29 bits per heavy atom. The molecule has 17 heavy (non-hydrogen) atoms. The summed E-state index contributed by atoms with van der Waals surface area (Å²) in [5.41, 5.74) is 1.89. The average molecular weight is 235 g/mol. The van der Waals surface area contributed by atoms with Gasteiger partial charge in [0.2, 0.25) is 0 Å². The van der Waals surface area contributed by atoms with E-state index in [2.05, 4.69) is 4.90 Å². The van der Waals surface area contributed by atoms with Gasteiger partial charge in [-0.2, -0.15) is 0 Å². The van der Waals surface area contributed by atoms with Crippen LogP contribution in [0.5, 0.6) is 0 Å². The highest BCUT2D eigenvalue weighted by Gasteiger charge is 2.09. The second kappa shape index (κ2) is 7.20. The molecule has 0 radical (unpaired) electrons. The molecule has 3 nitrogen and oxygen atoms in total. The summed E-state index contributed by atoms with van der Waals surface area (Å²) >= 11 is 0. The molecule has 3 heteroatoms. The van der Waals surface area contributed by atoms with E-state index >= 15 is 0 Å². The third kappa shape index (κ3) is 4.67. The first-order chi connectivity index (χ1) is 8.15. The molecule has 1 aromatic rings. The van der Waals surface area contributed by atoms with Crippen molar-refractivity contribution in [1.29, 1.82) is 0 Å². The van der Waals surface area contributed by atoms with Crippen molar-refractivity contribution in [2.24, 2.45) is 0 Å². The number of carbonyl (C=O) groups excluding carboxylic acids is 1. The fraction of sp³-hybridized carbons (Fsp3) is 0.500. The molecule has 0 aliphatic rings. The maximum Gasteiger partial charge on any atom is 0.164 e. The van der Waals surface area contributed by atoms with E-state index in [9.17, 15) is 4.79 Å². The van der Waals surface area contributed by atoms with Crippen LogP contribution in [0, 0.1) is 6.92 Å². The third-order valence-electron chi connectivity index (χ3n) is 2.84. The minimum atomic E-state index is 0.215. The van der Waals surface area contributed by atoms with Crippen molar-refractivity contribution in [3.8, 4) is 0 Å². The molecule has 94 valence electrons. The van der Waals surface area contributed by atoms with Crippen molar-refractivity contribution in [3.05, 3.63) is 35.4 Å². The fourth-order valence-corrected chi connectivity index (χ4v) is 1.67. The Kier molecular flexibility index (Phi) is 5.87. The fourth-order valence-electron chi connectivity index (χ4n) is 1.67. The van der Waals surface area contributed by atoms with Crippen LogP contribution in [-0.4, -0.2) is 44.5 Å². The number of rotatable bonds is 7. The summed E-state index contributed by atoms with van der Waals surface area (Å²) in [5, 5.41) is 0. The summed E-state index contributed by atoms with van der Waals surface area (Å²) in [6, 6.07) is 7.74. The van der Waals surface area contributed by atoms with Crippen LogP contribution in [0.2, 0.25) is 0 Å². The maximum atomic E-state index is 12.0. The minimum Gasteiger partial charge on any atom is -0.383 e. The predicted molar refractivity (Wildman–Crippen MR) is 69.5 cm³/mol. The first-order valence-corrected chi connectivity index (χ1v) is 5.91. The Morgan fingerprint density at radius 2 is 2.00 bits per heavy atom. The zero-order valence-corrected chi connectivity index (χ0v) is 10.9.